The molecule has 4 nitrogen and oxygen atoms in total. The van der Waals surface area contributed by atoms with Gasteiger partial charge in [-0.2, -0.15) is 0 Å². The van der Waals surface area contributed by atoms with Crippen molar-refractivity contribution in [2.45, 2.75) is 52.9 Å². The number of aromatic carboxylic acids is 2. The first-order valence-electron chi connectivity index (χ1n) is 9.74. The van der Waals surface area contributed by atoms with Gasteiger partial charge in [0.1, 0.15) is 0 Å². The summed E-state index contributed by atoms with van der Waals surface area (Å²) in [6.07, 6.45) is 2.78. The summed E-state index contributed by atoms with van der Waals surface area (Å²) in [5.74, 6) is -1.75. The molecule has 0 aliphatic carbocycles. The molecule has 2 rings (SSSR count). The van der Waals surface area contributed by atoms with E-state index in [9.17, 15) is 19.8 Å². The van der Waals surface area contributed by atoms with Crippen LogP contribution in [0.4, 0.5) is 0 Å². The number of rotatable bonds is 8. The lowest BCUT2D eigenvalue weighted by Crippen LogP contribution is -2.14. The van der Waals surface area contributed by atoms with Crippen molar-refractivity contribution >= 4 is 11.9 Å². The standard InChI is InChI=1S/C24H30O4/c1-16(15-24(2,3)4)10-12-19(17-8-6-5-7-9-17)21-14-18(22(25)26)11-13-20(21)23(27)28/h5-9,11,13-14,16,19H,10,12,15H2,1-4H3,(H,25,26)(H,27,28). The van der Waals surface area contributed by atoms with Crippen molar-refractivity contribution in [3.05, 3.63) is 70.8 Å². The molecule has 0 amide bonds. The number of benzene rings is 2. The minimum atomic E-state index is -1.05. The first-order chi connectivity index (χ1) is 13.1. The van der Waals surface area contributed by atoms with Gasteiger partial charge < -0.3 is 10.2 Å². The first kappa shape index (κ1) is 21.7. The molecule has 0 spiro atoms. The minimum Gasteiger partial charge on any atom is -0.478 e. The second-order valence-corrected chi connectivity index (χ2v) is 8.82. The third-order valence-corrected chi connectivity index (χ3v) is 5.02. The largest absolute Gasteiger partial charge is 0.478 e. The fourth-order valence-electron chi connectivity index (χ4n) is 3.96. The van der Waals surface area contributed by atoms with E-state index >= 15 is 0 Å². The topological polar surface area (TPSA) is 74.6 Å². The second-order valence-electron chi connectivity index (χ2n) is 8.82. The lowest BCUT2D eigenvalue weighted by atomic mass is 9.79. The zero-order chi connectivity index (χ0) is 20.9. The molecule has 0 aromatic heterocycles. The highest BCUT2D eigenvalue weighted by molar-refractivity contribution is 5.93. The fraction of sp³-hybridized carbons (Fsp3) is 0.417. The van der Waals surface area contributed by atoms with Crippen LogP contribution in [0.3, 0.4) is 0 Å². The van der Waals surface area contributed by atoms with Crippen LogP contribution in [0.15, 0.2) is 48.5 Å². The molecule has 2 atom stereocenters. The van der Waals surface area contributed by atoms with Gasteiger partial charge in [-0.15, -0.1) is 0 Å². The molecule has 0 saturated carbocycles. The van der Waals surface area contributed by atoms with Crippen LogP contribution in [0, 0.1) is 11.3 Å². The fourth-order valence-corrected chi connectivity index (χ4v) is 3.96. The van der Waals surface area contributed by atoms with Gasteiger partial charge in [0.05, 0.1) is 11.1 Å². The van der Waals surface area contributed by atoms with Crippen LogP contribution in [-0.2, 0) is 0 Å². The van der Waals surface area contributed by atoms with Gasteiger partial charge in [0.15, 0.2) is 0 Å². The Hall–Kier alpha value is -2.62. The van der Waals surface area contributed by atoms with E-state index in [-0.39, 0.29) is 22.5 Å². The van der Waals surface area contributed by atoms with Gasteiger partial charge in [-0.05, 0) is 59.9 Å². The van der Waals surface area contributed by atoms with E-state index in [4.69, 9.17) is 0 Å². The Morgan fingerprint density at radius 3 is 2.11 bits per heavy atom. The maximum atomic E-state index is 11.8. The van der Waals surface area contributed by atoms with Gasteiger partial charge in [-0.1, -0.05) is 58.0 Å². The number of carbonyl (C=O) groups is 2. The maximum Gasteiger partial charge on any atom is 0.335 e. The van der Waals surface area contributed by atoms with Crippen molar-refractivity contribution < 1.29 is 19.8 Å². The monoisotopic (exact) mass is 382 g/mol. The van der Waals surface area contributed by atoms with E-state index in [0.29, 0.717) is 11.5 Å². The van der Waals surface area contributed by atoms with Gasteiger partial charge >= 0.3 is 11.9 Å². The van der Waals surface area contributed by atoms with Crippen molar-refractivity contribution in [1.82, 2.24) is 0 Å². The van der Waals surface area contributed by atoms with E-state index in [1.165, 1.54) is 18.2 Å². The second kappa shape index (κ2) is 9.05. The zero-order valence-electron chi connectivity index (χ0n) is 17.1. The van der Waals surface area contributed by atoms with Crippen LogP contribution in [0.2, 0.25) is 0 Å². The number of hydrogen-bond donors (Lipinski definition) is 2. The van der Waals surface area contributed by atoms with Crippen molar-refractivity contribution in [3.8, 4) is 0 Å². The predicted octanol–water partition coefficient (Wildman–Crippen LogP) is 6.07. The van der Waals surface area contributed by atoms with Crippen molar-refractivity contribution in [3.63, 3.8) is 0 Å². The van der Waals surface area contributed by atoms with Crippen LogP contribution in [0.5, 0.6) is 0 Å². The molecular weight excluding hydrogens is 352 g/mol. The normalized spacial score (nSPS) is 13.7. The molecule has 2 N–H and O–H groups in total. The highest BCUT2D eigenvalue weighted by atomic mass is 16.4. The van der Waals surface area contributed by atoms with Crippen LogP contribution in [0.1, 0.15) is 84.7 Å². The summed E-state index contributed by atoms with van der Waals surface area (Å²) in [7, 11) is 0. The molecule has 28 heavy (non-hydrogen) atoms. The number of carboxylic acid groups (broad SMARTS) is 2. The molecule has 0 radical (unpaired) electrons. The first-order valence-corrected chi connectivity index (χ1v) is 9.74. The molecule has 0 heterocycles. The van der Waals surface area contributed by atoms with Gasteiger partial charge in [0.25, 0.3) is 0 Å². The zero-order valence-corrected chi connectivity index (χ0v) is 17.1. The highest BCUT2D eigenvalue weighted by Crippen LogP contribution is 2.35. The highest BCUT2D eigenvalue weighted by Gasteiger charge is 2.24. The molecular formula is C24H30O4. The minimum absolute atomic E-state index is 0.115. The Bertz CT molecular complexity index is 818. The number of hydrogen-bond acceptors (Lipinski definition) is 2. The van der Waals surface area contributed by atoms with Crippen LogP contribution >= 0.6 is 0 Å². The third-order valence-electron chi connectivity index (χ3n) is 5.02. The maximum absolute atomic E-state index is 11.8. The lowest BCUT2D eigenvalue weighted by molar-refractivity contribution is 0.0680. The Kier molecular flexibility index (Phi) is 7.00. The Morgan fingerprint density at radius 1 is 0.929 bits per heavy atom. The van der Waals surface area contributed by atoms with Crippen molar-refractivity contribution in [2.75, 3.05) is 0 Å². The van der Waals surface area contributed by atoms with E-state index in [1.807, 2.05) is 30.3 Å². The third kappa shape index (κ3) is 5.95. The lowest BCUT2D eigenvalue weighted by Gasteiger charge is -2.26. The van der Waals surface area contributed by atoms with E-state index in [2.05, 4.69) is 27.7 Å². The molecule has 2 aromatic carbocycles. The molecule has 2 aromatic rings. The predicted molar refractivity (Wildman–Crippen MR) is 111 cm³/mol. The average molecular weight is 383 g/mol. The van der Waals surface area contributed by atoms with Crippen LogP contribution in [-0.4, -0.2) is 22.2 Å². The van der Waals surface area contributed by atoms with Crippen LogP contribution < -0.4 is 0 Å². The quantitative estimate of drug-likeness (QED) is 0.581. The number of carboxylic acids is 2. The summed E-state index contributed by atoms with van der Waals surface area (Å²) in [4.78, 5) is 23.3. The summed E-state index contributed by atoms with van der Waals surface area (Å²) in [5.41, 5.74) is 2.10. The van der Waals surface area contributed by atoms with E-state index < -0.39 is 11.9 Å². The van der Waals surface area contributed by atoms with E-state index in [0.717, 1.165) is 24.8 Å². The molecule has 0 fully saturated rings. The van der Waals surface area contributed by atoms with E-state index in [1.54, 1.807) is 0 Å². The summed E-state index contributed by atoms with van der Waals surface area (Å²) in [5, 5.41) is 19.1. The smallest absolute Gasteiger partial charge is 0.335 e. The SMILES string of the molecule is CC(CCC(c1ccccc1)c1cc(C(=O)O)ccc1C(=O)O)CC(C)(C)C. The molecule has 0 aliphatic rings. The molecule has 0 saturated heterocycles. The Balaban J connectivity index is 2.43. The average Bonchev–Trinajstić information content (AvgIpc) is 2.61. The molecule has 2 unspecified atom stereocenters. The van der Waals surface area contributed by atoms with Crippen molar-refractivity contribution in [2.24, 2.45) is 11.3 Å². The molecule has 0 aliphatic heterocycles. The van der Waals surface area contributed by atoms with Crippen molar-refractivity contribution in [1.29, 1.82) is 0 Å². The molecule has 4 heteroatoms. The summed E-state index contributed by atoms with van der Waals surface area (Å²) in [6.45, 7) is 8.88. The van der Waals surface area contributed by atoms with Gasteiger partial charge in [-0.3, -0.25) is 0 Å². The Morgan fingerprint density at radius 2 is 1.57 bits per heavy atom. The van der Waals surface area contributed by atoms with Crippen LogP contribution in [0.25, 0.3) is 0 Å². The Labute approximate surface area is 167 Å². The summed E-state index contributed by atoms with van der Waals surface area (Å²) >= 11 is 0. The summed E-state index contributed by atoms with van der Waals surface area (Å²) < 4.78 is 0. The van der Waals surface area contributed by atoms with Gasteiger partial charge in [0, 0.05) is 5.92 Å². The van der Waals surface area contributed by atoms with Gasteiger partial charge in [-0.25, -0.2) is 9.59 Å². The summed E-state index contributed by atoms with van der Waals surface area (Å²) in [6, 6.07) is 14.1. The van der Waals surface area contributed by atoms with Gasteiger partial charge in [0.2, 0.25) is 0 Å². The molecule has 0 bridgehead atoms. The molecule has 150 valence electrons.